The molecule has 0 saturated carbocycles. The van der Waals surface area contributed by atoms with Gasteiger partial charge in [0.15, 0.2) is 11.5 Å². The summed E-state index contributed by atoms with van der Waals surface area (Å²) in [4.78, 5) is 0. The SMILES string of the molecule is Oc1ccc(F)cc1OC1CNC1. The number of hydrogen-bond donors (Lipinski definition) is 2. The Labute approximate surface area is 75.1 Å². The van der Waals surface area contributed by atoms with Gasteiger partial charge in [0.2, 0.25) is 0 Å². The van der Waals surface area contributed by atoms with Crippen LogP contribution in [-0.2, 0) is 0 Å². The summed E-state index contributed by atoms with van der Waals surface area (Å²) >= 11 is 0. The summed E-state index contributed by atoms with van der Waals surface area (Å²) in [7, 11) is 0. The van der Waals surface area contributed by atoms with Crippen LogP contribution in [0.2, 0.25) is 0 Å². The van der Waals surface area contributed by atoms with Crippen LogP contribution < -0.4 is 10.1 Å². The average Bonchev–Trinajstić information content (AvgIpc) is 2.03. The van der Waals surface area contributed by atoms with Crippen LogP contribution in [0.1, 0.15) is 0 Å². The molecule has 1 aromatic carbocycles. The zero-order chi connectivity index (χ0) is 9.26. The molecule has 0 amide bonds. The molecule has 1 fully saturated rings. The van der Waals surface area contributed by atoms with Crippen LogP contribution in [0, 0.1) is 5.82 Å². The summed E-state index contributed by atoms with van der Waals surface area (Å²) in [5.74, 6) is -0.208. The Morgan fingerprint density at radius 3 is 2.85 bits per heavy atom. The van der Waals surface area contributed by atoms with E-state index in [4.69, 9.17) is 4.74 Å². The summed E-state index contributed by atoms with van der Waals surface area (Å²) in [6.45, 7) is 1.49. The third-order valence-corrected chi connectivity index (χ3v) is 1.96. The molecule has 0 aromatic heterocycles. The number of hydrogen-bond acceptors (Lipinski definition) is 3. The van der Waals surface area contributed by atoms with Gasteiger partial charge in [0.25, 0.3) is 0 Å². The molecule has 3 nitrogen and oxygen atoms in total. The van der Waals surface area contributed by atoms with Crippen LogP contribution in [0.4, 0.5) is 4.39 Å². The first kappa shape index (κ1) is 8.31. The van der Waals surface area contributed by atoms with Crippen LogP contribution in [-0.4, -0.2) is 24.3 Å². The fraction of sp³-hybridized carbons (Fsp3) is 0.333. The van der Waals surface area contributed by atoms with Crippen LogP contribution in [0.3, 0.4) is 0 Å². The van der Waals surface area contributed by atoms with E-state index in [1.807, 2.05) is 0 Å². The van der Waals surface area contributed by atoms with Crippen molar-refractivity contribution in [1.29, 1.82) is 0 Å². The lowest BCUT2D eigenvalue weighted by Gasteiger charge is -2.27. The molecule has 70 valence electrons. The highest BCUT2D eigenvalue weighted by Gasteiger charge is 2.19. The van der Waals surface area contributed by atoms with Gasteiger partial charge in [-0.25, -0.2) is 4.39 Å². The predicted molar refractivity (Wildman–Crippen MR) is 45.4 cm³/mol. The van der Waals surface area contributed by atoms with Crippen LogP contribution >= 0.6 is 0 Å². The molecular formula is C9H10FNO2. The number of phenolic OH excluding ortho intramolecular Hbond substituents is 1. The molecule has 0 atom stereocenters. The van der Waals surface area contributed by atoms with Crippen molar-refractivity contribution in [3.63, 3.8) is 0 Å². The fourth-order valence-electron chi connectivity index (χ4n) is 1.11. The summed E-state index contributed by atoms with van der Waals surface area (Å²) in [5.41, 5.74) is 0. The largest absolute Gasteiger partial charge is 0.504 e. The molecule has 1 heterocycles. The van der Waals surface area contributed by atoms with Gasteiger partial charge in [-0.15, -0.1) is 0 Å². The van der Waals surface area contributed by atoms with E-state index in [2.05, 4.69) is 5.32 Å². The van der Waals surface area contributed by atoms with Crippen LogP contribution in [0.25, 0.3) is 0 Å². The molecule has 0 aliphatic carbocycles. The second-order valence-corrected chi connectivity index (χ2v) is 3.01. The molecule has 2 N–H and O–H groups in total. The molecule has 1 aliphatic heterocycles. The molecule has 0 radical (unpaired) electrons. The molecule has 0 spiro atoms. The molecule has 2 rings (SSSR count). The van der Waals surface area contributed by atoms with E-state index in [-0.39, 0.29) is 17.6 Å². The van der Waals surface area contributed by atoms with Crippen molar-refractivity contribution in [3.8, 4) is 11.5 Å². The number of ether oxygens (including phenoxy) is 1. The third-order valence-electron chi connectivity index (χ3n) is 1.96. The molecular weight excluding hydrogens is 173 g/mol. The molecule has 0 bridgehead atoms. The highest BCUT2D eigenvalue weighted by atomic mass is 19.1. The topological polar surface area (TPSA) is 41.5 Å². The smallest absolute Gasteiger partial charge is 0.164 e. The summed E-state index contributed by atoms with van der Waals surface area (Å²) in [6.07, 6.45) is 0.0488. The summed E-state index contributed by atoms with van der Waals surface area (Å²) < 4.78 is 18.0. The average molecular weight is 183 g/mol. The molecule has 4 heteroatoms. The van der Waals surface area contributed by atoms with Gasteiger partial charge in [-0.3, -0.25) is 0 Å². The van der Waals surface area contributed by atoms with Gasteiger partial charge in [-0.05, 0) is 12.1 Å². The fourth-order valence-corrected chi connectivity index (χ4v) is 1.11. The molecule has 0 unspecified atom stereocenters. The number of rotatable bonds is 2. The van der Waals surface area contributed by atoms with Crippen molar-refractivity contribution < 1.29 is 14.2 Å². The predicted octanol–water partition coefficient (Wildman–Crippen LogP) is 0.882. The first-order valence-electron chi connectivity index (χ1n) is 4.11. The first-order chi connectivity index (χ1) is 6.25. The molecule has 13 heavy (non-hydrogen) atoms. The second-order valence-electron chi connectivity index (χ2n) is 3.01. The monoisotopic (exact) mass is 183 g/mol. The van der Waals surface area contributed by atoms with Gasteiger partial charge in [0.1, 0.15) is 11.9 Å². The Balaban J connectivity index is 2.13. The van der Waals surface area contributed by atoms with Gasteiger partial charge in [0.05, 0.1) is 0 Å². The van der Waals surface area contributed by atoms with Crippen molar-refractivity contribution in [1.82, 2.24) is 5.32 Å². The van der Waals surface area contributed by atoms with Crippen molar-refractivity contribution in [2.45, 2.75) is 6.10 Å². The first-order valence-corrected chi connectivity index (χ1v) is 4.11. The number of aromatic hydroxyl groups is 1. The zero-order valence-corrected chi connectivity index (χ0v) is 6.96. The van der Waals surface area contributed by atoms with Gasteiger partial charge in [0, 0.05) is 19.2 Å². The van der Waals surface area contributed by atoms with Crippen molar-refractivity contribution in [2.75, 3.05) is 13.1 Å². The Hall–Kier alpha value is -1.29. The second kappa shape index (κ2) is 3.22. The van der Waals surface area contributed by atoms with E-state index in [0.29, 0.717) is 0 Å². The van der Waals surface area contributed by atoms with Gasteiger partial charge in [-0.2, -0.15) is 0 Å². The number of nitrogens with one attached hydrogen (secondary N) is 1. The molecule has 1 aromatic rings. The quantitative estimate of drug-likeness (QED) is 0.715. The zero-order valence-electron chi connectivity index (χ0n) is 6.96. The Morgan fingerprint density at radius 1 is 1.46 bits per heavy atom. The number of benzene rings is 1. The summed E-state index contributed by atoms with van der Waals surface area (Å²) in [5, 5.41) is 12.3. The Kier molecular flexibility index (Phi) is 2.06. The standard InChI is InChI=1S/C9H10FNO2/c10-6-1-2-8(12)9(3-6)13-7-4-11-5-7/h1-3,7,11-12H,4-5H2. The van der Waals surface area contributed by atoms with E-state index in [0.717, 1.165) is 13.1 Å². The Bertz CT molecular complexity index is 312. The van der Waals surface area contributed by atoms with E-state index in [9.17, 15) is 9.50 Å². The van der Waals surface area contributed by atoms with Crippen molar-refractivity contribution in [2.24, 2.45) is 0 Å². The van der Waals surface area contributed by atoms with Gasteiger partial charge in [-0.1, -0.05) is 0 Å². The Morgan fingerprint density at radius 2 is 2.23 bits per heavy atom. The van der Waals surface area contributed by atoms with Crippen LogP contribution in [0.15, 0.2) is 18.2 Å². The highest BCUT2D eigenvalue weighted by molar-refractivity contribution is 5.38. The maximum atomic E-state index is 12.7. The normalized spacial score (nSPS) is 16.7. The van der Waals surface area contributed by atoms with Crippen LogP contribution in [0.5, 0.6) is 11.5 Å². The molecule has 1 saturated heterocycles. The van der Waals surface area contributed by atoms with E-state index >= 15 is 0 Å². The summed E-state index contributed by atoms with van der Waals surface area (Å²) in [6, 6.07) is 3.67. The number of phenols is 1. The third kappa shape index (κ3) is 1.72. The van der Waals surface area contributed by atoms with Crippen molar-refractivity contribution >= 4 is 0 Å². The van der Waals surface area contributed by atoms with E-state index in [1.165, 1.54) is 18.2 Å². The van der Waals surface area contributed by atoms with E-state index < -0.39 is 5.82 Å². The minimum absolute atomic E-state index is 0.0201. The minimum atomic E-state index is -0.403. The molecule has 1 aliphatic rings. The van der Waals surface area contributed by atoms with Gasteiger partial charge >= 0.3 is 0 Å². The maximum absolute atomic E-state index is 12.7. The lowest BCUT2D eigenvalue weighted by Crippen LogP contribution is -2.50. The minimum Gasteiger partial charge on any atom is -0.504 e. The van der Waals surface area contributed by atoms with E-state index in [1.54, 1.807) is 0 Å². The van der Waals surface area contributed by atoms with Gasteiger partial charge < -0.3 is 15.2 Å². The lowest BCUT2D eigenvalue weighted by atomic mass is 10.2. The highest BCUT2D eigenvalue weighted by Crippen LogP contribution is 2.27. The maximum Gasteiger partial charge on any atom is 0.164 e. The van der Waals surface area contributed by atoms with Crippen molar-refractivity contribution in [3.05, 3.63) is 24.0 Å². The number of halogens is 1. The lowest BCUT2D eigenvalue weighted by molar-refractivity contribution is 0.137.